The van der Waals surface area contributed by atoms with E-state index in [0.717, 1.165) is 12.8 Å². The van der Waals surface area contributed by atoms with Gasteiger partial charge < -0.3 is 4.57 Å². The van der Waals surface area contributed by atoms with Gasteiger partial charge in [-0.15, -0.1) is 0 Å². The van der Waals surface area contributed by atoms with Crippen LogP contribution in [0.5, 0.6) is 0 Å². The lowest BCUT2D eigenvalue weighted by Crippen LogP contribution is -2.06. The molecule has 262 valence electrons. The first kappa shape index (κ1) is 31.4. The van der Waals surface area contributed by atoms with Crippen molar-refractivity contribution in [2.75, 3.05) is 0 Å². The van der Waals surface area contributed by atoms with Gasteiger partial charge in [0.1, 0.15) is 0 Å². The van der Waals surface area contributed by atoms with Crippen molar-refractivity contribution >= 4 is 71.0 Å². The zero-order chi connectivity index (χ0) is 36.9. The topological polar surface area (TPSA) is 4.93 Å². The number of aromatic nitrogens is 1. The minimum absolute atomic E-state index is 1.07. The van der Waals surface area contributed by atoms with Gasteiger partial charge in [-0.05, 0) is 132 Å². The van der Waals surface area contributed by atoms with Crippen LogP contribution >= 0.6 is 0 Å². The third-order valence-electron chi connectivity index (χ3n) is 12.5. The Labute approximate surface area is 325 Å². The van der Waals surface area contributed by atoms with Crippen molar-refractivity contribution in [2.24, 2.45) is 0 Å². The fourth-order valence-corrected chi connectivity index (χ4v) is 10.1. The molecule has 1 aliphatic carbocycles. The highest BCUT2D eigenvalue weighted by Crippen LogP contribution is 2.49. The monoisotopic (exact) mass is 711 g/mol. The van der Waals surface area contributed by atoms with E-state index in [1.165, 1.54) is 121 Å². The van der Waals surface area contributed by atoms with E-state index in [1.807, 2.05) is 0 Å². The van der Waals surface area contributed by atoms with Gasteiger partial charge in [-0.3, -0.25) is 0 Å². The van der Waals surface area contributed by atoms with Crippen LogP contribution in [-0.4, -0.2) is 4.57 Å². The molecule has 0 spiro atoms. The number of hydrogen-bond acceptors (Lipinski definition) is 0. The van der Waals surface area contributed by atoms with E-state index in [9.17, 15) is 0 Å². The number of allylic oxidation sites excluding steroid dienone is 1. The molecule has 56 heavy (non-hydrogen) atoms. The molecular formula is C55H37N. The van der Waals surface area contributed by atoms with E-state index < -0.39 is 0 Å². The maximum absolute atomic E-state index is 2.54. The Kier molecular flexibility index (Phi) is 6.74. The third kappa shape index (κ3) is 4.43. The molecule has 1 heterocycles. The smallest absolute Gasteiger partial charge is 0.0626 e. The van der Waals surface area contributed by atoms with Crippen LogP contribution in [-0.2, 0) is 12.8 Å². The maximum atomic E-state index is 2.54. The molecule has 0 radical (unpaired) electrons. The van der Waals surface area contributed by atoms with Crippen LogP contribution in [0.2, 0.25) is 0 Å². The molecule has 0 saturated carbocycles. The zero-order valence-electron chi connectivity index (χ0n) is 31.2. The van der Waals surface area contributed by atoms with Crippen LogP contribution in [0.25, 0.3) is 110 Å². The van der Waals surface area contributed by atoms with Crippen molar-refractivity contribution in [2.45, 2.75) is 19.8 Å². The molecule has 0 aliphatic heterocycles. The van der Waals surface area contributed by atoms with Crippen LogP contribution < -0.4 is 0 Å². The molecule has 1 aromatic heterocycles. The summed E-state index contributed by atoms with van der Waals surface area (Å²) < 4.78 is 2.54. The van der Waals surface area contributed by atoms with Gasteiger partial charge in [0.2, 0.25) is 0 Å². The van der Waals surface area contributed by atoms with E-state index in [4.69, 9.17) is 0 Å². The Morgan fingerprint density at radius 1 is 0.446 bits per heavy atom. The lowest BCUT2D eigenvalue weighted by molar-refractivity contribution is 0.941. The molecule has 11 aromatic rings. The standard InChI is InChI=1S/C55H37N/c1-2-12-44-42(29-27-36-25-24-35-14-8-9-19-43(35)51(36)44)39-28-30-46-50(33-39)56(41-17-4-3-5-18-41)55-48-22-11-20-45-49(38-26-23-34-13-6-7-15-37(34)31-38)32-40-16-10-21-47(54(46)55)52(40)53(45)48/h2-23,26-33H,24-25H2,1H3/b12-2-. The number of nitrogens with zero attached hydrogens (tertiary/aromatic N) is 1. The highest BCUT2D eigenvalue weighted by atomic mass is 15.0. The molecule has 12 rings (SSSR count). The van der Waals surface area contributed by atoms with Crippen molar-refractivity contribution in [3.63, 3.8) is 0 Å². The van der Waals surface area contributed by atoms with Crippen LogP contribution in [0.1, 0.15) is 23.6 Å². The highest BCUT2D eigenvalue weighted by Gasteiger charge is 2.25. The second kappa shape index (κ2) is 12.0. The number of para-hydroxylation sites is 1. The summed E-state index contributed by atoms with van der Waals surface area (Å²) in [6, 6.07) is 63.7. The molecule has 0 bridgehead atoms. The number of rotatable bonds is 4. The molecule has 1 aliphatic rings. The molecule has 0 unspecified atom stereocenters. The van der Waals surface area contributed by atoms with Gasteiger partial charge in [-0.25, -0.2) is 0 Å². The van der Waals surface area contributed by atoms with Gasteiger partial charge in [-0.2, -0.15) is 0 Å². The van der Waals surface area contributed by atoms with Crippen molar-refractivity contribution in [3.05, 3.63) is 193 Å². The Morgan fingerprint density at radius 3 is 2.09 bits per heavy atom. The number of benzene rings is 10. The van der Waals surface area contributed by atoms with Gasteiger partial charge in [0.05, 0.1) is 11.0 Å². The summed E-state index contributed by atoms with van der Waals surface area (Å²) in [6.45, 7) is 2.14. The second-order valence-electron chi connectivity index (χ2n) is 15.5. The van der Waals surface area contributed by atoms with Crippen LogP contribution in [0.3, 0.4) is 0 Å². The molecule has 0 saturated heterocycles. The SMILES string of the molecule is C/C=C\c1c(-c2ccc3c4c5cccc6cc(-c7ccc8ccccc8c7)c7cccc(c7c65)c4n(-c4ccccc4)c3c2)ccc2c1-c1ccccc1CC2. The predicted molar refractivity (Wildman–Crippen MR) is 240 cm³/mol. The molecule has 0 atom stereocenters. The van der Waals surface area contributed by atoms with Gasteiger partial charge in [0.25, 0.3) is 0 Å². The first-order valence-corrected chi connectivity index (χ1v) is 19.8. The molecule has 0 fully saturated rings. The molecular weight excluding hydrogens is 675 g/mol. The summed E-state index contributed by atoms with van der Waals surface area (Å²) in [7, 11) is 0. The molecule has 1 heteroatoms. The fraction of sp³-hybridized carbons (Fsp3) is 0.0545. The fourth-order valence-electron chi connectivity index (χ4n) is 10.1. The summed E-state index contributed by atoms with van der Waals surface area (Å²) in [5.41, 5.74) is 15.6. The van der Waals surface area contributed by atoms with Crippen LogP contribution in [0, 0.1) is 0 Å². The summed E-state index contributed by atoms with van der Waals surface area (Å²) >= 11 is 0. The molecule has 10 aromatic carbocycles. The average Bonchev–Trinajstić information content (AvgIpc) is 3.61. The minimum atomic E-state index is 1.07. The average molecular weight is 712 g/mol. The Bertz CT molecular complexity index is 3410. The van der Waals surface area contributed by atoms with Gasteiger partial charge >= 0.3 is 0 Å². The Balaban J connectivity index is 1.19. The largest absolute Gasteiger partial charge is 0.309 e. The predicted octanol–water partition coefficient (Wildman–Crippen LogP) is 15.0. The Hall–Kier alpha value is -6.96. The van der Waals surface area contributed by atoms with Crippen molar-refractivity contribution in [3.8, 4) is 39.1 Å². The Morgan fingerprint density at radius 2 is 1.18 bits per heavy atom. The maximum Gasteiger partial charge on any atom is 0.0626 e. The summed E-state index contributed by atoms with van der Waals surface area (Å²) in [6.07, 6.45) is 6.68. The molecule has 0 N–H and O–H groups in total. The van der Waals surface area contributed by atoms with Crippen LogP contribution in [0.4, 0.5) is 0 Å². The van der Waals surface area contributed by atoms with Crippen molar-refractivity contribution in [1.29, 1.82) is 0 Å². The van der Waals surface area contributed by atoms with Crippen molar-refractivity contribution in [1.82, 2.24) is 4.57 Å². The summed E-state index contributed by atoms with van der Waals surface area (Å²) in [4.78, 5) is 0. The first-order valence-electron chi connectivity index (χ1n) is 19.8. The minimum Gasteiger partial charge on any atom is -0.309 e. The van der Waals surface area contributed by atoms with E-state index >= 15 is 0 Å². The zero-order valence-corrected chi connectivity index (χ0v) is 31.2. The first-order chi connectivity index (χ1) is 27.7. The number of aryl methyl sites for hydroxylation is 2. The summed E-state index contributed by atoms with van der Waals surface area (Å²) in [5, 5.41) is 12.9. The lowest BCUT2D eigenvalue weighted by atomic mass is 9.80. The summed E-state index contributed by atoms with van der Waals surface area (Å²) in [5.74, 6) is 0. The van der Waals surface area contributed by atoms with E-state index in [-0.39, 0.29) is 0 Å². The van der Waals surface area contributed by atoms with Gasteiger partial charge in [0.15, 0.2) is 0 Å². The molecule has 0 amide bonds. The van der Waals surface area contributed by atoms with Gasteiger partial charge in [-0.1, -0.05) is 152 Å². The lowest BCUT2D eigenvalue weighted by Gasteiger charge is -2.24. The molecule has 1 nitrogen and oxygen atoms in total. The highest BCUT2D eigenvalue weighted by molar-refractivity contribution is 6.39. The second-order valence-corrected chi connectivity index (χ2v) is 15.5. The number of fused-ring (bicyclic) bond motifs is 9. The van der Waals surface area contributed by atoms with E-state index in [2.05, 4.69) is 194 Å². The quantitative estimate of drug-likeness (QED) is 0.160. The van der Waals surface area contributed by atoms with Crippen molar-refractivity contribution < 1.29 is 0 Å². The van der Waals surface area contributed by atoms with Crippen LogP contribution in [0.15, 0.2) is 176 Å². The third-order valence-corrected chi connectivity index (χ3v) is 12.5. The normalized spacial score (nSPS) is 12.9. The van der Waals surface area contributed by atoms with E-state index in [0.29, 0.717) is 0 Å². The van der Waals surface area contributed by atoms with E-state index in [1.54, 1.807) is 0 Å². The number of hydrogen-bond donors (Lipinski definition) is 0. The van der Waals surface area contributed by atoms with Gasteiger partial charge in [0, 0.05) is 27.2 Å².